The van der Waals surface area contributed by atoms with E-state index in [0.717, 1.165) is 30.8 Å². The van der Waals surface area contributed by atoms with Crippen LogP contribution in [-0.2, 0) is 24.2 Å². The molecule has 3 heterocycles. The molecule has 0 aromatic carbocycles. The topological polar surface area (TPSA) is 51.2 Å². The average molecular weight is 280 g/mol. The molecule has 0 aliphatic carbocycles. The highest BCUT2D eigenvalue weighted by atomic mass is 32.2. The van der Waals surface area contributed by atoms with Gasteiger partial charge in [0.05, 0.1) is 32.7 Å². The zero-order chi connectivity index (χ0) is 12.1. The molecule has 3 aliphatic heterocycles. The maximum absolute atomic E-state index is 8.98. The van der Waals surface area contributed by atoms with Crippen LogP contribution >= 0.6 is 0 Å². The predicted molar refractivity (Wildman–Crippen MR) is 70.2 cm³/mol. The maximum atomic E-state index is 8.98. The summed E-state index contributed by atoms with van der Waals surface area (Å²) in [5, 5.41) is 9.84. The van der Waals surface area contributed by atoms with Crippen molar-refractivity contribution in [1.29, 1.82) is 0 Å². The van der Waals surface area contributed by atoms with Crippen molar-refractivity contribution in [2.45, 2.75) is 0 Å². The Morgan fingerprint density at radius 3 is 2.12 bits per heavy atom. The molecule has 0 radical (unpaired) electrons. The van der Waals surface area contributed by atoms with E-state index in [2.05, 4.69) is 11.2 Å². The lowest BCUT2D eigenvalue weighted by molar-refractivity contribution is -0.00453. The second-order valence-electron chi connectivity index (χ2n) is 4.42. The largest absolute Gasteiger partial charge is 0.553 e. The van der Waals surface area contributed by atoms with E-state index in [1.807, 2.05) is 0 Å². The molecule has 3 rings (SSSR count). The molecule has 17 heavy (non-hydrogen) atoms. The van der Waals surface area contributed by atoms with Crippen LogP contribution in [0.4, 0.5) is 0 Å². The molecular formula is C10H22NO4SSi+. The molecule has 2 bridgehead atoms. The number of fused-ring (bicyclic) bond motifs is 6. The van der Waals surface area contributed by atoms with Crippen molar-refractivity contribution in [3.05, 3.63) is 0 Å². The highest BCUT2D eigenvalue weighted by molar-refractivity contribution is 7.97. The first-order valence-electron chi connectivity index (χ1n) is 6.08. The minimum atomic E-state index is -2.45. The third kappa shape index (κ3) is 3.92. The lowest BCUT2D eigenvalue weighted by Gasteiger charge is -2.37. The summed E-state index contributed by atoms with van der Waals surface area (Å²) >= 11 is 0. The van der Waals surface area contributed by atoms with Crippen LogP contribution in [0.3, 0.4) is 0 Å². The fourth-order valence-corrected chi connectivity index (χ4v) is 7.87. The summed E-state index contributed by atoms with van der Waals surface area (Å²) in [5.41, 5.74) is 0. The molecule has 0 saturated carbocycles. The number of hydrogen-bond donors (Lipinski definition) is 1. The van der Waals surface area contributed by atoms with E-state index >= 15 is 0 Å². The first-order chi connectivity index (χ1) is 8.24. The van der Waals surface area contributed by atoms with Gasteiger partial charge in [-0.3, -0.25) is 4.90 Å². The fraction of sp³-hybridized carbons (Fsp3) is 1.00. The second kappa shape index (κ2) is 6.51. The number of rotatable bonds is 4. The molecule has 1 unspecified atom stereocenters. The summed E-state index contributed by atoms with van der Waals surface area (Å²) in [6, 6.07) is 0. The smallest absolute Gasteiger partial charge is 0.391 e. The molecule has 3 saturated heterocycles. The quantitative estimate of drug-likeness (QED) is 0.533. The lowest BCUT2D eigenvalue weighted by Crippen LogP contribution is -2.59. The first kappa shape index (κ1) is 13.8. The Hall–Kier alpha value is 0.367. The van der Waals surface area contributed by atoms with Gasteiger partial charge in [-0.2, -0.15) is 0 Å². The Labute approximate surface area is 107 Å². The zero-order valence-corrected chi connectivity index (χ0v) is 12.2. The van der Waals surface area contributed by atoms with Gasteiger partial charge >= 0.3 is 8.80 Å². The molecule has 3 fully saturated rings. The van der Waals surface area contributed by atoms with E-state index in [0.29, 0.717) is 19.8 Å². The fourth-order valence-electron chi connectivity index (χ4n) is 2.11. The van der Waals surface area contributed by atoms with Crippen LogP contribution in [0.1, 0.15) is 0 Å². The van der Waals surface area contributed by atoms with E-state index < -0.39 is 8.80 Å². The molecule has 1 atom stereocenters. The van der Waals surface area contributed by atoms with E-state index in [9.17, 15) is 0 Å². The Bertz CT molecular complexity index is 220. The van der Waals surface area contributed by atoms with Crippen molar-refractivity contribution >= 4 is 19.7 Å². The maximum Gasteiger partial charge on any atom is 0.553 e. The second-order valence-corrected chi connectivity index (χ2v) is 9.78. The van der Waals surface area contributed by atoms with Gasteiger partial charge in [0.1, 0.15) is 5.75 Å². The van der Waals surface area contributed by atoms with Gasteiger partial charge in [0.2, 0.25) is 0 Å². The van der Waals surface area contributed by atoms with Crippen LogP contribution in [0.2, 0.25) is 0 Å². The van der Waals surface area contributed by atoms with Crippen LogP contribution in [0.25, 0.3) is 0 Å². The number of aliphatic hydroxyl groups excluding tert-OH is 1. The third-order valence-electron chi connectivity index (χ3n) is 3.05. The molecule has 0 aromatic rings. The minimum Gasteiger partial charge on any atom is -0.391 e. The Morgan fingerprint density at radius 1 is 1.12 bits per heavy atom. The Kier molecular flexibility index (Phi) is 5.28. The molecule has 5 nitrogen and oxygen atoms in total. The highest BCUT2D eigenvalue weighted by Crippen LogP contribution is 2.18. The number of hydrogen-bond acceptors (Lipinski definition) is 5. The summed E-state index contributed by atoms with van der Waals surface area (Å²) in [7, 11) is -2.33. The zero-order valence-electron chi connectivity index (χ0n) is 10.4. The van der Waals surface area contributed by atoms with Gasteiger partial charge in [-0.25, -0.2) is 0 Å². The standard InChI is InChI=1S/C10H22NO4SSi/c1-16(9-5-12)10-17-13-6-2-11(3-7-14-17)4-8-15-17/h12H,2-10H2,1H3/q+1. The van der Waals surface area contributed by atoms with Gasteiger partial charge < -0.3 is 18.4 Å². The van der Waals surface area contributed by atoms with Crippen molar-refractivity contribution in [2.75, 3.05) is 63.4 Å². The summed E-state index contributed by atoms with van der Waals surface area (Å²) in [5.74, 6) is 0.816. The van der Waals surface area contributed by atoms with Gasteiger partial charge in [-0.15, -0.1) is 0 Å². The average Bonchev–Trinajstić information content (AvgIpc) is 2.19. The number of aliphatic hydroxyl groups is 1. The van der Waals surface area contributed by atoms with E-state index in [1.165, 1.54) is 0 Å². The molecule has 0 amide bonds. The van der Waals surface area contributed by atoms with Crippen molar-refractivity contribution in [2.24, 2.45) is 0 Å². The predicted octanol–water partition coefficient (Wildman–Crippen LogP) is -0.916. The van der Waals surface area contributed by atoms with Gasteiger partial charge in [-0.05, 0) is 10.9 Å². The van der Waals surface area contributed by atoms with Gasteiger partial charge in [-0.1, -0.05) is 0 Å². The molecule has 3 aliphatic rings. The third-order valence-corrected chi connectivity index (χ3v) is 9.25. The summed E-state index contributed by atoms with van der Waals surface area (Å²) in [4.78, 5) is 2.32. The molecular weight excluding hydrogens is 258 g/mol. The van der Waals surface area contributed by atoms with Crippen LogP contribution in [0.5, 0.6) is 0 Å². The Morgan fingerprint density at radius 2 is 1.65 bits per heavy atom. The van der Waals surface area contributed by atoms with Crippen LogP contribution in [-0.4, -0.2) is 82.3 Å². The SMILES string of the molecule is C[S+](CCO)C[Si]12OCCN(CCO1)CCO2. The van der Waals surface area contributed by atoms with E-state index in [1.54, 1.807) is 0 Å². The van der Waals surface area contributed by atoms with Crippen molar-refractivity contribution in [3.63, 3.8) is 0 Å². The van der Waals surface area contributed by atoms with Gasteiger partial charge in [0, 0.05) is 19.6 Å². The van der Waals surface area contributed by atoms with Crippen molar-refractivity contribution in [1.82, 2.24) is 4.90 Å². The molecule has 1 N–H and O–H groups in total. The van der Waals surface area contributed by atoms with Crippen molar-refractivity contribution < 1.29 is 18.4 Å². The van der Waals surface area contributed by atoms with Crippen molar-refractivity contribution in [3.8, 4) is 0 Å². The van der Waals surface area contributed by atoms with E-state index in [4.69, 9.17) is 18.4 Å². The minimum absolute atomic E-state index is 0.119. The van der Waals surface area contributed by atoms with Crippen LogP contribution < -0.4 is 0 Å². The molecule has 100 valence electrons. The molecule has 0 spiro atoms. The van der Waals surface area contributed by atoms with Crippen LogP contribution in [0, 0.1) is 0 Å². The van der Waals surface area contributed by atoms with Crippen LogP contribution in [0.15, 0.2) is 0 Å². The van der Waals surface area contributed by atoms with Gasteiger partial charge in [0.15, 0.2) is 5.38 Å². The summed E-state index contributed by atoms with van der Waals surface area (Å²) < 4.78 is 17.8. The summed E-state index contributed by atoms with van der Waals surface area (Å²) in [6.45, 7) is 5.32. The Balaban J connectivity index is 1.98. The number of nitrogens with zero attached hydrogens (tertiary/aromatic N) is 1. The first-order valence-corrected chi connectivity index (χ1v) is 9.99. The normalized spacial score (nSPS) is 36.0. The lowest BCUT2D eigenvalue weighted by atomic mass is 10.4. The highest BCUT2D eigenvalue weighted by Gasteiger charge is 2.49. The van der Waals surface area contributed by atoms with E-state index in [-0.39, 0.29) is 17.5 Å². The summed E-state index contributed by atoms with van der Waals surface area (Å²) in [6.07, 6.45) is 2.15. The van der Waals surface area contributed by atoms with Gasteiger partial charge in [0.25, 0.3) is 0 Å². The molecule has 7 heteroatoms. The molecule has 0 aromatic heterocycles. The monoisotopic (exact) mass is 280 g/mol.